The van der Waals surface area contributed by atoms with E-state index in [2.05, 4.69) is 27.6 Å². The molecule has 0 saturated carbocycles. The lowest BCUT2D eigenvalue weighted by Crippen LogP contribution is -2.13. The van der Waals surface area contributed by atoms with Crippen molar-refractivity contribution in [3.05, 3.63) is 40.7 Å². The van der Waals surface area contributed by atoms with Gasteiger partial charge in [0.15, 0.2) is 0 Å². The topological polar surface area (TPSA) is 75.9 Å². The highest BCUT2D eigenvalue weighted by Gasteiger charge is 2.11. The molecule has 0 aliphatic carbocycles. The molecule has 1 aromatic carbocycles. The molecule has 0 aliphatic heterocycles. The molecule has 0 unspecified atom stereocenters. The highest BCUT2D eigenvalue weighted by molar-refractivity contribution is 6.33. The van der Waals surface area contributed by atoms with Gasteiger partial charge in [0.2, 0.25) is 0 Å². The van der Waals surface area contributed by atoms with Crippen molar-refractivity contribution in [1.29, 1.82) is 0 Å². The second-order valence-electron chi connectivity index (χ2n) is 4.55. The summed E-state index contributed by atoms with van der Waals surface area (Å²) in [5.41, 5.74) is 5.51. The average molecular weight is 292 g/mol. The average Bonchev–Trinajstić information content (AvgIpc) is 2.45. The van der Waals surface area contributed by atoms with E-state index >= 15 is 0 Å². The number of hydrogen-bond donors (Lipinski definition) is 3. The molecule has 0 aliphatic rings. The van der Waals surface area contributed by atoms with Crippen molar-refractivity contribution >= 4 is 28.9 Å². The van der Waals surface area contributed by atoms with Crippen LogP contribution in [-0.2, 0) is 6.42 Å². The number of nitrogens with one attached hydrogen (secondary N) is 2. The normalized spacial score (nSPS) is 10.4. The summed E-state index contributed by atoms with van der Waals surface area (Å²) in [6.07, 6.45) is 3.27. The van der Waals surface area contributed by atoms with Crippen LogP contribution in [-0.4, -0.2) is 9.97 Å². The summed E-state index contributed by atoms with van der Waals surface area (Å²) in [4.78, 5) is 8.43. The van der Waals surface area contributed by atoms with Gasteiger partial charge in [0.1, 0.15) is 18.0 Å². The lowest BCUT2D eigenvalue weighted by Gasteiger charge is -2.14. The van der Waals surface area contributed by atoms with Crippen molar-refractivity contribution in [3.63, 3.8) is 0 Å². The number of hydrazine groups is 1. The second-order valence-corrected chi connectivity index (χ2v) is 4.96. The molecule has 0 spiro atoms. The van der Waals surface area contributed by atoms with Crippen LogP contribution in [0.3, 0.4) is 0 Å². The monoisotopic (exact) mass is 291 g/mol. The van der Waals surface area contributed by atoms with E-state index in [1.165, 1.54) is 6.33 Å². The Bertz CT molecular complexity index is 600. The Labute approximate surface area is 123 Å². The number of nitrogens with zero attached hydrogens (tertiary/aromatic N) is 2. The van der Waals surface area contributed by atoms with Crippen LogP contribution in [0, 0.1) is 6.92 Å². The largest absolute Gasteiger partial charge is 0.339 e. The second kappa shape index (κ2) is 6.54. The van der Waals surface area contributed by atoms with Crippen LogP contribution >= 0.6 is 11.6 Å². The lowest BCUT2D eigenvalue weighted by atomic mass is 10.1. The molecule has 0 atom stereocenters. The minimum absolute atomic E-state index is 0.633. The number of hydrogen-bond acceptors (Lipinski definition) is 5. The zero-order valence-electron chi connectivity index (χ0n) is 11.6. The highest BCUT2D eigenvalue weighted by atomic mass is 35.5. The maximum Gasteiger partial charge on any atom is 0.148 e. The van der Waals surface area contributed by atoms with Gasteiger partial charge in [-0.3, -0.25) is 0 Å². The fraction of sp³-hybridized carbons (Fsp3) is 0.286. The molecule has 4 N–H and O–H groups in total. The molecule has 0 fully saturated rings. The van der Waals surface area contributed by atoms with E-state index in [1.807, 2.05) is 25.1 Å². The molecule has 0 saturated heterocycles. The number of aryl methyl sites for hydroxylation is 1. The first-order chi connectivity index (χ1) is 9.65. The number of nitrogen functional groups attached to an aromatic ring is 1. The Hall–Kier alpha value is -1.85. The van der Waals surface area contributed by atoms with Crippen LogP contribution < -0.4 is 16.6 Å². The van der Waals surface area contributed by atoms with Crippen LogP contribution in [0.4, 0.5) is 17.3 Å². The fourth-order valence-electron chi connectivity index (χ4n) is 1.99. The van der Waals surface area contributed by atoms with E-state index < -0.39 is 0 Å². The van der Waals surface area contributed by atoms with Gasteiger partial charge in [-0.05, 0) is 31.0 Å². The van der Waals surface area contributed by atoms with E-state index in [1.54, 1.807) is 0 Å². The Morgan fingerprint density at radius 3 is 2.70 bits per heavy atom. The van der Waals surface area contributed by atoms with Crippen LogP contribution in [0.1, 0.15) is 24.5 Å². The molecule has 106 valence electrons. The number of anilines is 3. The van der Waals surface area contributed by atoms with Crippen molar-refractivity contribution in [3.8, 4) is 0 Å². The van der Waals surface area contributed by atoms with Crippen molar-refractivity contribution < 1.29 is 0 Å². The van der Waals surface area contributed by atoms with Gasteiger partial charge in [0.05, 0.1) is 10.7 Å². The van der Waals surface area contributed by atoms with Crippen LogP contribution in [0.2, 0.25) is 5.02 Å². The predicted octanol–water partition coefficient (Wildman–Crippen LogP) is 3.42. The van der Waals surface area contributed by atoms with Gasteiger partial charge in [0, 0.05) is 5.56 Å². The Kier molecular flexibility index (Phi) is 4.76. The molecule has 2 rings (SSSR count). The standard InChI is InChI=1S/C14H18ClN5/c1-3-4-10-13(17-8-18-14(10)20-16)19-12-7-9(2)5-6-11(12)15/h5-8H,3-4,16H2,1-2H3,(H2,17,18,19,20). The van der Waals surface area contributed by atoms with Gasteiger partial charge in [-0.25, -0.2) is 15.8 Å². The summed E-state index contributed by atoms with van der Waals surface area (Å²) >= 11 is 6.20. The lowest BCUT2D eigenvalue weighted by molar-refractivity contribution is 0.903. The SMILES string of the molecule is CCCc1c(NN)ncnc1Nc1cc(C)ccc1Cl. The molecule has 2 aromatic rings. The first-order valence-corrected chi connectivity index (χ1v) is 6.87. The Balaban J connectivity index is 2.39. The van der Waals surface area contributed by atoms with Gasteiger partial charge in [-0.15, -0.1) is 0 Å². The smallest absolute Gasteiger partial charge is 0.148 e. The van der Waals surface area contributed by atoms with Crippen molar-refractivity contribution in [2.75, 3.05) is 10.7 Å². The van der Waals surface area contributed by atoms with Gasteiger partial charge in [0.25, 0.3) is 0 Å². The number of benzene rings is 1. The fourth-order valence-corrected chi connectivity index (χ4v) is 2.16. The summed E-state index contributed by atoms with van der Waals surface area (Å²) in [5, 5.41) is 3.91. The Morgan fingerprint density at radius 2 is 2.00 bits per heavy atom. The minimum atomic E-state index is 0.633. The number of nitrogens with two attached hydrogens (primary N) is 1. The first-order valence-electron chi connectivity index (χ1n) is 6.49. The maximum absolute atomic E-state index is 6.20. The van der Waals surface area contributed by atoms with Crippen molar-refractivity contribution in [1.82, 2.24) is 9.97 Å². The molecule has 1 aromatic heterocycles. The number of aromatic nitrogens is 2. The minimum Gasteiger partial charge on any atom is -0.339 e. The third kappa shape index (κ3) is 3.18. The third-order valence-corrected chi connectivity index (χ3v) is 3.29. The summed E-state index contributed by atoms with van der Waals surface area (Å²) in [5.74, 6) is 6.86. The Morgan fingerprint density at radius 1 is 1.25 bits per heavy atom. The number of halogens is 1. The highest BCUT2D eigenvalue weighted by Crippen LogP contribution is 2.29. The van der Waals surface area contributed by atoms with E-state index in [9.17, 15) is 0 Å². The number of rotatable bonds is 5. The van der Waals surface area contributed by atoms with Crippen LogP contribution in [0.25, 0.3) is 0 Å². The van der Waals surface area contributed by atoms with E-state index in [4.69, 9.17) is 17.4 Å². The molecule has 0 bridgehead atoms. The van der Waals surface area contributed by atoms with Crippen LogP contribution in [0.15, 0.2) is 24.5 Å². The summed E-state index contributed by atoms with van der Waals surface area (Å²) in [7, 11) is 0. The van der Waals surface area contributed by atoms with Gasteiger partial charge >= 0.3 is 0 Å². The predicted molar refractivity (Wildman–Crippen MR) is 83.3 cm³/mol. The quantitative estimate of drug-likeness (QED) is 0.581. The van der Waals surface area contributed by atoms with E-state index in [0.29, 0.717) is 10.8 Å². The molecule has 20 heavy (non-hydrogen) atoms. The zero-order valence-corrected chi connectivity index (χ0v) is 12.3. The molecule has 6 heteroatoms. The van der Waals surface area contributed by atoms with E-state index in [0.717, 1.165) is 35.5 Å². The summed E-state index contributed by atoms with van der Waals surface area (Å²) in [6.45, 7) is 4.11. The molecule has 0 radical (unpaired) electrons. The first kappa shape index (κ1) is 14.6. The molecule has 1 heterocycles. The molecule has 5 nitrogen and oxygen atoms in total. The van der Waals surface area contributed by atoms with E-state index in [-0.39, 0.29) is 0 Å². The van der Waals surface area contributed by atoms with Gasteiger partial charge < -0.3 is 10.7 Å². The van der Waals surface area contributed by atoms with Gasteiger partial charge in [-0.2, -0.15) is 0 Å². The third-order valence-electron chi connectivity index (χ3n) is 2.96. The van der Waals surface area contributed by atoms with Crippen molar-refractivity contribution in [2.45, 2.75) is 26.7 Å². The summed E-state index contributed by atoms with van der Waals surface area (Å²) in [6, 6.07) is 5.81. The molecular formula is C14H18ClN5. The summed E-state index contributed by atoms with van der Waals surface area (Å²) < 4.78 is 0. The molecular weight excluding hydrogens is 274 g/mol. The van der Waals surface area contributed by atoms with Crippen LogP contribution in [0.5, 0.6) is 0 Å². The zero-order chi connectivity index (χ0) is 14.5. The maximum atomic E-state index is 6.20. The molecule has 0 amide bonds. The van der Waals surface area contributed by atoms with Gasteiger partial charge in [-0.1, -0.05) is 31.0 Å². The van der Waals surface area contributed by atoms with Crippen molar-refractivity contribution in [2.24, 2.45) is 5.84 Å².